The number of rotatable bonds is 6. The van der Waals surface area contributed by atoms with E-state index in [1.54, 1.807) is 30.3 Å². The number of amides is 1. The van der Waals surface area contributed by atoms with Crippen molar-refractivity contribution < 1.29 is 28.7 Å². The van der Waals surface area contributed by atoms with Crippen molar-refractivity contribution in [1.29, 1.82) is 0 Å². The van der Waals surface area contributed by atoms with Crippen LogP contribution in [0.3, 0.4) is 0 Å². The first-order valence-corrected chi connectivity index (χ1v) is 7.64. The maximum atomic E-state index is 12.1. The minimum absolute atomic E-state index is 0.0695. The molecule has 2 aromatic rings. The summed E-state index contributed by atoms with van der Waals surface area (Å²) >= 11 is 0. The van der Waals surface area contributed by atoms with Crippen LogP contribution in [0.1, 0.15) is 37.5 Å². The number of benzene rings is 2. The van der Waals surface area contributed by atoms with Gasteiger partial charge in [-0.05, 0) is 18.2 Å². The van der Waals surface area contributed by atoms with Gasteiger partial charge < -0.3 is 14.8 Å². The Morgan fingerprint density at radius 2 is 1.35 bits per heavy atom. The first kappa shape index (κ1) is 18.9. The van der Waals surface area contributed by atoms with E-state index in [4.69, 9.17) is 0 Å². The lowest BCUT2D eigenvalue weighted by Crippen LogP contribution is -2.17. The Balaban J connectivity index is 2.19. The van der Waals surface area contributed by atoms with E-state index in [1.165, 1.54) is 32.4 Å². The van der Waals surface area contributed by atoms with Crippen LogP contribution in [0.25, 0.3) is 0 Å². The van der Waals surface area contributed by atoms with Crippen molar-refractivity contribution in [3.05, 3.63) is 65.2 Å². The minimum atomic E-state index is -0.674. The van der Waals surface area contributed by atoms with Gasteiger partial charge in [0.2, 0.25) is 5.91 Å². The smallest absolute Gasteiger partial charge is 0.337 e. The molecule has 0 radical (unpaired) electrons. The van der Waals surface area contributed by atoms with E-state index in [9.17, 15) is 19.2 Å². The minimum Gasteiger partial charge on any atom is -0.465 e. The third kappa shape index (κ3) is 4.76. The Bertz CT molecular complexity index is 810. The van der Waals surface area contributed by atoms with E-state index < -0.39 is 17.8 Å². The Morgan fingerprint density at radius 3 is 1.85 bits per heavy atom. The van der Waals surface area contributed by atoms with Crippen molar-refractivity contribution >= 4 is 29.3 Å². The molecule has 0 saturated heterocycles. The molecule has 0 heterocycles. The highest BCUT2D eigenvalue weighted by molar-refractivity contribution is 6.11. The van der Waals surface area contributed by atoms with Gasteiger partial charge in [0.15, 0.2) is 5.78 Å². The van der Waals surface area contributed by atoms with E-state index >= 15 is 0 Å². The first-order valence-electron chi connectivity index (χ1n) is 7.64. The number of hydrogen-bond donors (Lipinski definition) is 1. The number of ether oxygens (including phenoxy) is 2. The predicted octanol–water partition coefficient (Wildman–Crippen LogP) is 2.47. The molecule has 0 fully saturated rings. The molecule has 0 bridgehead atoms. The van der Waals surface area contributed by atoms with Gasteiger partial charge in [0, 0.05) is 11.3 Å². The highest BCUT2D eigenvalue weighted by Gasteiger charge is 2.16. The van der Waals surface area contributed by atoms with E-state index in [1.807, 2.05) is 0 Å². The molecule has 134 valence electrons. The maximum Gasteiger partial charge on any atom is 0.337 e. The third-order valence-electron chi connectivity index (χ3n) is 3.48. The van der Waals surface area contributed by atoms with Gasteiger partial charge in [0.1, 0.15) is 0 Å². The molecule has 2 rings (SSSR count). The summed E-state index contributed by atoms with van der Waals surface area (Å²) < 4.78 is 9.26. The molecule has 0 unspecified atom stereocenters. The van der Waals surface area contributed by atoms with Crippen LogP contribution < -0.4 is 5.32 Å². The lowest BCUT2D eigenvalue weighted by molar-refractivity contribution is -0.115. The highest BCUT2D eigenvalue weighted by atomic mass is 16.5. The third-order valence-corrected chi connectivity index (χ3v) is 3.48. The van der Waals surface area contributed by atoms with Crippen molar-refractivity contribution in [2.24, 2.45) is 0 Å². The van der Waals surface area contributed by atoms with Gasteiger partial charge in [0.25, 0.3) is 0 Å². The Hall–Kier alpha value is -3.48. The van der Waals surface area contributed by atoms with Crippen LogP contribution in [0.15, 0.2) is 48.5 Å². The summed E-state index contributed by atoms with van der Waals surface area (Å²) in [5, 5.41) is 2.51. The van der Waals surface area contributed by atoms with Crippen LogP contribution >= 0.6 is 0 Å². The number of esters is 2. The molecule has 0 atom stereocenters. The van der Waals surface area contributed by atoms with Crippen LogP contribution in [0, 0.1) is 0 Å². The van der Waals surface area contributed by atoms with Crippen LogP contribution in [-0.4, -0.2) is 37.8 Å². The van der Waals surface area contributed by atoms with Gasteiger partial charge in [0.05, 0.1) is 31.8 Å². The maximum absolute atomic E-state index is 12.1. The van der Waals surface area contributed by atoms with E-state index in [2.05, 4.69) is 14.8 Å². The fourth-order valence-corrected chi connectivity index (χ4v) is 2.25. The second-order valence-corrected chi connectivity index (χ2v) is 5.30. The zero-order valence-electron chi connectivity index (χ0n) is 14.3. The number of carbonyl (C=O) groups is 4. The van der Waals surface area contributed by atoms with Crippen molar-refractivity contribution in [2.45, 2.75) is 6.42 Å². The van der Waals surface area contributed by atoms with E-state index in [0.717, 1.165) is 0 Å². The molecule has 7 heteroatoms. The van der Waals surface area contributed by atoms with Crippen LogP contribution in [0.2, 0.25) is 0 Å². The molecule has 0 aliphatic heterocycles. The topological polar surface area (TPSA) is 98.8 Å². The normalized spacial score (nSPS) is 9.92. The van der Waals surface area contributed by atoms with Crippen molar-refractivity contribution in [3.8, 4) is 0 Å². The monoisotopic (exact) mass is 355 g/mol. The Kier molecular flexibility index (Phi) is 6.21. The fourth-order valence-electron chi connectivity index (χ4n) is 2.25. The van der Waals surface area contributed by atoms with E-state index in [0.29, 0.717) is 5.56 Å². The molecular weight excluding hydrogens is 338 g/mol. The number of hydrogen-bond acceptors (Lipinski definition) is 6. The van der Waals surface area contributed by atoms with E-state index in [-0.39, 0.29) is 29.0 Å². The molecule has 1 N–H and O–H groups in total. The first-order chi connectivity index (χ1) is 12.4. The van der Waals surface area contributed by atoms with Gasteiger partial charge in [-0.1, -0.05) is 30.3 Å². The lowest BCUT2D eigenvalue weighted by Gasteiger charge is -2.09. The van der Waals surface area contributed by atoms with Crippen molar-refractivity contribution in [2.75, 3.05) is 19.5 Å². The number of carbonyl (C=O) groups excluding carboxylic acids is 4. The highest BCUT2D eigenvalue weighted by Crippen LogP contribution is 2.17. The predicted molar refractivity (Wildman–Crippen MR) is 93.1 cm³/mol. The number of Topliss-reactive ketones (excluding diaryl/α,β-unsaturated/α-hetero) is 1. The summed E-state index contributed by atoms with van der Waals surface area (Å²) in [6, 6.07) is 12.4. The van der Waals surface area contributed by atoms with Gasteiger partial charge >= 0.3 is 11.9 Å². The lowest BCUT2D eigenvalue weighted by atomic mass is 10.1. The number of ketones is 1. The Labute approximate surface area is 149 Å². The summed E-state index contributed by atoms with van der Waals surface area (Å²) in [6.45, 7) is 0. The van der Waals surface area contributed by atoms with Crippen molar-refractivity contribution in [1.82, 2.24) is 0 Å². The molecule has 0 aliphatic carbocycles. The number of anilines is 1. The molecule has 2 aromatic carbocycles. The summed E-state index contributed by atoms with van der Waals surface area (Å²) in [4.78, 5) is 47.7. The average molecular weight is 355 g/mol. The molecule has 0 aliphatic rings. The summed E-state index contributed by atoms with van der Waals surface area (Å²) in [5.41, 5.74) is 0.737. The summed E-state index contributed by atoms with van der Waals surface area (Å²) in [7, 11) is 2.40. The van der Waals surface area contributed by atoms with Gasteiger partial charge in [-0.15, -0.1) is 0 Å². The second kappa shape index (κ2) is 8.57. The van der Waals surface area contributed by atoms with Crippen LogP contribution in [0.4, 0.5) is 5.69 Å². The average Bonchev–Trinajstić information content (AvgIpc) is 2.66. The van der Waals surface area contributed by atoms with Crippen LogP contribution in [0.5, 0.6) is 0 Å². The van der Waals surface area contributed by atoms with Crippen LogP contribution in [-0.2, 0) is 14.3 Å². The molecule has 0 spiro atoms. The summed E-state index contributed by atoms with van der Waals surface area (Å²) in [5.74, 6) is -2.27. The Morgan fingerprint density at radius 1 is 0.808 bits per heavy atom. The fraction of sp³-hybridized carbons (Fsp3) is 0.158. The molecule has 26 heavy (non-hydrogen) atoms. The standard InChI is InChI=1S/C19H17NO6/c1-25-18(23)13-8-14(19(24)26-2)10-15(9-13)20-17(22)11-16(21)12-6-4-3-5-7-12/h3-10H,11H2,1-2H3,(H,20,22). The molecule has 0 saturated carbocycles. The second-order valence-electron chi connectivity index (χ2n) is 5.30. The zero-order valence-corrected chi connectivity index (χ0v) is 14.3. The van der Waals surface area contributed by atoms with Crippen molar-refractivity contribution in [3.63, 3.8) is 0 Å². The molecule has 1 amide bonds. The number of methoxy groups -OCH3 is 2. The van der Waals surface area contributed by atoms with Gasteiger partial charge in [-0.2, -0.15) is 0 Å². The quantitative estimate of drug-likeness (QED) is 0.485. The zero-order chi connectivity index (χ0) is 19.1. The summed E-state index contributed by atoms with van der Waals surface area (Å²) in [6.07, 6.45) is -0.375. The molecule has 0 aromatic heterocycles. The molecular formula is C19H17NO6. The molecule has 7 nitrogen and oxygen atoms in total. The number of nitrogens with one attached hydrogen (secondary N) is 1. The van der Waals surface area contributed by atoms with Gasteiger partial charge in [-0.3, -0.25) is 9.59 Å². The SMILES string of the molecule is COC(=O)c1cc(NC(=O)CC(=O)c2ccccc2)cc(C(=O)OC)c1. The largest absolute Gasteiger partial charge is 0.465 e. The van der Waals surface area contributed by atoms with Gasteiger partial charge in [-0.25, -0.2) is 9.59 Å².